The first-order chi connectivity index (χ1) is 13.5. The Bertz CT molecular complexity index is 941. The number of rotatable bonds is 4. The number of carbonyl (C=O) groups is 3. The van der Waals surface area contributed by atoms with Crippen LogP contribution in [0.3, 0.4) is 0 Å². The first-order valence-electron chi connectivity index (χ1n) is 8.92. The summed E-state index contributed by atoms with van der Waals surface area (Å²) in [5.41, 5.74) is 6.79. The monoisotopic (exact) mass is 381 g/mol. The largest absolute Gasteiger partial charge is 0.486 e. The molecule has 0 spiro atoms. The molecular formula is C20H19N3O5. The van der Waals surface area contributed by atoms with E-state index in [1.54, 1.807) is 47.4 Å². The minimum atomic E-state index is -0.533. The highest BCUT2D eigenvalue weighted by Gasteiger charge is 2.35. The minimum Gasteiger partial charge on any atom is -0.486 e. The van der Waals surface area contributed by atoms with Crippen LogP contribution in [-0.4, -0.2) is 37.5 Å². The lowest BCUT2D eigenvalue weighted by Gasteiger charge is -2.22. The Labute approximate surface area is 161 Å². The van der Waals surface area contributed by atoms with Crippen LogP contribution < -0.4 is 25.4 Å². The normalized spacial score (nSPS) is 18.1. The SMILES string of the molecule is NC(=O)c1ccc(NC(=O)[C@H]2CC(=O)N(c3ccc4c(c3)OCCO4)C2)cc1. The first kappa shape index (κ1) is 17.8. The predicted octanol–water partition coefficient (Wildman–Crippen LogP) is 1.55. The van der Waals surface area contributed by atoms with Gasteiger partial charge in [-0.05, 0) is 36.4 Å². The van der Waals surface area contributed by atoms with Gasteiger partial charge in [0.1, 0.15) is 13.2 Å². The van der Waals surface area contributed by atoms with Crippen molar-refractivity contribution in [2.24, 2.45) is 11.7 Å². The van der Waals surface area contributed by atoms with Crippen molar-refractivity contribution in [3.8, 4) is 11.5 Å². The van der Waals surface area contributed by atoms with Crippen molar-refractivity contribution in [3.05, 3.63) is 48.0 Å². The molecule has 3 N–H and O–H groups in total. The van der Waals surface area contributed by atoms with E-state index in [2.05, 4.69) is 5.32 Å². The van der Waals surface area contributed by atoms with Crippen LogP contribution in [0.15, 0.2) is 42.5 Å². The third-order valence-electron chi connectivity index (χ3n) is 4.77. The fraction of sp³-hybridized carbons (Fsp3) is 0.250. The summed E-state index contributed by atoms with van der Waals surface area (Å²) >= 11 is 0. The van der Waals surface area contributed by atoms with Gasteiger partial charge in [0.25, 0.3) is 0 Å². The quantitative estimate of drug-likeness (QED) is 0.835. The molecule has 1 saturated heterocycles. The zero-order valence-electron chi connectivity index (χ0n) is 15.0. The van der Waals surface area contributed by atoms with E-state index in [1.165, 1.54) is 0 Å². The summed E-state index contributed by atoms with van der Waals surface area (Å²) in [7, 11) is 0. The summed E-state index contributed by atoms with van der Waals surface area (Å²) in [6.45, 7) is 1.24. The summed E-state index contributed by atoms with van der Waals surface area (Å²) in [6.07, 6.45) is 0.125. The number of nitrogens with one attached hydrogen (secondary N) is 1. The van der Waals surface area contributed by atoms with Crippen LogP contribution in [0.25, 0.3) is 0 Å². The maximum atomic E-state index is 12.6. The number of nitrogens with zero attached hydrogens (tertiary/aromatic N) is 1. The molecule has 28 heavy (non-hydrogen) atoms. The van der Waals surface area contributed by atoms with Crippen molar-refractivity contribution in [1.29, 1.82) is 0 Å². The average Bonchev–Trinajstić information content (AvgIpc) is 3.10. The van der Waals surface area contributed by atoms with Crippen molar-refractivity contribution >= 4 is 29.1 Å². The van der Waals surface area contributed by atoms with Crippen LogP contribution in [0, 0.1) is 5.92 Å². The fourth-order valence-electron chi connectivity index (χ4n) is 3.29. The van der Waals surface area contributed by atoms with E-state index < -0.39 is 11.8 Å². The van der Waals surface area contributed by atoms with E-state index in [0.29, 0.717) is 41.7 Å². The summed E-state index contributed by atoms with van der Waals surface area (Å²) in [5, 5.41) is 2.78. The third kappa shape index (κ3) is 3.48. The Balaban J connectivity index is 1.44. The smallest absolute Gasteiger partial charge is 0.248 e. The number of hydrogen-bond donors (Lipinski definition) is 2. The van der Waals surface area contributed by atoms with E-state index in [-0.39, 0.29) is 24.8 Å². The summed E-state index contributed by atoms with van der Waals surface area (Å²) in [4.78, 5) is 37.7. The van der Waals surface area contributed by atoms with Crippen molar-refractivity contribution < 1.29 is 23.9 Å². The number of nitrogens with two attached hydrogens (primary N) is 1. The molecule has 2 heterocycles. The van der Waals surface area contributed by atoms with Gasteiger partial charge in [0.15, 0.2) is 11.5 Å². The predicted molar refractivity (Wildman–Crippen MR) is 101 cm³/mol. The Morgan fingerprint density at radius 3 is 2.46 bits per heavy atom. The lowest BCUT2D eigenvalue weighted by atomic mass is 10.1. The summed E-state index contributed by atoms with van der Waals surface area (Å²) in [5.74, 6) is -0.138. The van der Waals surface area contributed by atoms with Gasteiger partial charge in [0, 0.05) is 36.0 Å². The Morgan fingerprint density at radius 2 is 1.75 bits per heavy atom. The lowest BCUT2D eigenvalue weighted by Crippen LogP contribution is -2.28. The second-order valence-electron chi connectivity index (χ2n) is 6.66. The molecule has 2 aromatic rings. The molecule has 0 aliphatic carbocycles. The van der Waals surface area contributed by atoms with Gasteiger partial charge in [0.2, 0.25) is 17.7 Å². The first-order valence-corrected chi connectivity index (χ1v) is 8.92. The molecule has 0 bridgehead atoms. The minimum absolute atomic E-state index is 0.124. The van der Waals surface area contributed by atoms with Gasteiger partial charge in [0.05, 0.1) is 5.92 Å². The number of fused-ring (bicyclic) bond motifs is 1. The molecule has 0 saturated carbocycles. The molecule has 0 unspecified atom stereocenters. The van der Waals surface area contributed by atoms with Crippen molar-refractivity contribution in [3.63, 3.8) is 0 Å². The summed E-state index contributed by atoms with van der Waals surface area (Å²) < 4.78 is 11.1. The van der Waals surface area contributed by atoms with Gasteiger partial charge < -0.3 is 25.4 Å². The molecular weight excluding hydrogens is 362 g/mol. The van der Waals surface area contributed by atoms with Crippen molar-refractivity contribution in [2.75, 3.05) is 30.0 Å². The molecule has 2 aliphatic rings. The molecule has 0 aromatic heterocycles. The van der Waals surface area contributed by atoms with Gasteiger partial charge in [-0.15, -0.1) is 0 Å². The standard InChI is InChI=1S/C20H19N3O5/c21-19(25)12-1-3-14(4-2-12)22-20(26)13-9-18(24)23(11-13)15-5-6-16-17(10-15)28-8-7-27-16/h1-6,10,13H,7-9,11H2,(H2,21,25)(H,22,26)/t13-/m0/s1. The number of anilines is 2. The number of hydrogen-bond acceptors (Lipinski definition) is 5. The Morgan fingerprint density at radius 1 is 1.04 bits per heavy atom. The highest BCUT2D eigenvalue weighted by molar-refractivity contribution is 6.03. The van der Waals surface area contributed by atoms with Gasteiger partial charge in [-0.3, -0.25) is 14.4 Å². The van der Waals surface area contributed by atoms with Gasteiger partial charge in [-0.1, -0.05) is 0 Å². The highest BCUT2D eigenvalue weighted by Crippen LogP contribution is 2.36. The van der Waals surface area contributed by atoms with E-state index in [9.17, 15) is 14.4 Å². The molecule has 3 amide bonds. The van der Waals surface area contributed by atoms with Crippen molar-refractivity contribution in [2.45, 2.75) is 6.42 Å². The summed E-state index contributed by atoms with van der Waals surface area (Å²) in [6, 6.07) is 11.6. The average molecular weight is 381 g/mol. The van der Waals surface area contributed by atoms with E-state index in [1.807, 2.05) is 0 Å². The fourth-order valence-corrected chi connectivity index (χ4v) is 3.29. The van der Waals surface area contributed by atoms with Crippen LogP contribution in [0.4, 0.5) is 11.4 Å². The Hall–Kier alpha value is -3.55. The zero-order valence-corrected chi connectivity index (χ0v) is 15.0. The highest BCUT2D eigenvalue weighted by atomic mass is 16.6. The molecule has 2 aromatic carbocycles. The molecule has 4 rings (SSSR count). The number of carbonyl (C=O) groups excluding carboxylic acids is 3. The second kappa shape index (κ2) is 7.22. The number of primary amides is 1. The number of amides is 3. The van der Waals surface area contributed by atoms with Gasteiger partial charge >= 0.3 is 0 Å². The molecule has 1 fully saturated rings. The van der Waals surface area contributed by atoms with E-state index in [4.69, 9.17) is 15.2 Å². The molecule has 0 radical (unpaired) electrons. The van der Waals surface area contributed by atoms with Gasteiger partial charge in [-0.2, -0.15) is 0 Å². The van der Waals surface area contributed by atoms with Gasteiger partial charge in [-0.25, -0.2) is 0 Å². The van der Waals surface area contributed by atoms with Crippen LogP contribution in [0.5, 0.6) is 11.5 Å². The molecule has 144 valence electrons. The second-order valence-corrected chi connectivity index (χ2v) is 6.66. The van der Waals surface area contributed by atoms with Crippen LogP contribution in [-0.2, 0) is 9.59 Å². The molecule has 2 aliphatic heterocycles. The van der Waals surface area contributed by atoms with E-state index >= 15 is 0 Å². The molecule has 8 nitrogen and oxygen atoms in total. The number of benzene rings is 2. The van der Waals surface area contributed by atoms with Crippen LogP contribution in [0.1, 0.15) is 16.8 Å². The maximum absolute atomic E-state index is 12.6. The topological polar surface area (TPSA) is 111 Å². The van der Waals surface area contributed by atoms with Crippen LogP contribution in [0.2, 0.25) is 0 Å². The molecule has 8 heteroatoms. The lowest BCUT2D eigenvalue weighted by molar-refractivity contribution is -0.122. The Kier molecular flexibility index (Phi) is 4.60. The maximum Gasteiger partial charge on any atom is 0.248 e. The number of ether oxygens (including phenoxy) is 2. The third-order valence-corrected chi connectivity index (χ3v) is 4.77. The zero-order chi connectivity index (χ0) is 19.7. The van der Waals surface area contributed by atoms with Crippen LogP contribution >= 0.6 is 0 Å². The molecule has 1 atom stereocenters. The van der Waals surface area contributed by atoms with E-state index in [0.717, 1.165) is 0 Å². The van der Waals surface area contributed by atoms with Crippen molar-refractivity contribution in [1.82, 2.24) is 0 Å².